The van der Waals surface area contributed by atoms with Crippen LogP contribution in [0.5, 0.6) is 0 Å². The lowest BCUT2D eigenvalue weighted by atomic mass is 10.1. The zero-order valence-electron chi connectivity index (χ0n) is 13.0. The highest BCUT2D eigenvalue weighted by Crippen LogP contribution is 2.21. The fourth-order valence-electron chi connectivity index (χ4n) is 2.66. The van der Waals surface area contributed by atoms with E-state index < -0.39 is 10.0 Å². The number of hydrogen-bond acceptors (Lipinski definition) is 5. The SMILES string of the molecule is Cc1cc(C(C)NS(=O)(=O)CCN2CCNCC2)c(C)o1. The van der Waals surface area contributed by atoms with Crippen molar-refractivity contribution in [3.63, 3.8) is 0 Å². The second kappa shape index (κ2) is 6.91. The lowest BCUT2D eigenvalue weighted by molar-refractivity contribution is 0.253. The second-order valence-electron chi connectivity index (χ2n) is 5.62. The Morgan fingerprint density at radius 3 is 2.62 bits per heavy atom. The van der Waals surface area contributed by atoms with E-state index in [0.717, 1.165) is 43.3 Å². The van der Waals surface area contributed by atoms with E-state index >= 15 is 0 Å². The van der Waals surface area contributed by atoms with Gasteiger partial charge >= 0.3 is 0 Å². The molecule has 1 aliphatic rings. The molecule has 0 amide bonds. The maximum Gasteiger partial charge on any atom is 0.213 e. The number of hydrogen-bond donors (Lipinski definition) is 2. The smallest absolute Gasteiger partial charge is 0.213 e. The van der Waals surface area contributed by atoms with Crippen LogP contribution >= 0.6 is 0 Å². The van der Waals surface area contributed by atoms with Crippen LogP contribution in [0.4, 0.5) is 0 Å². The fraction of sp³-hybridized carbons (Fsp3) is 0.714. The van der Waals surface area contributed by atoms with E-state index in [1.54, 1.807) is 0 Å². The molecule has 1 fully saturated rings. The summed E-state index contributed by atoms with van der Waals surface area (Å²) >= 11 is 0. The van der Waals surface area contributed by atoms with Crippen LogP contribution in [0.15, 0.2) is 10.5 Å². The van der Waals surface area contributed by atoms with Gasteiger partial charge < -0.3 is 9.73 Å². The third kappa shape index (κ3) is 4.81. The maximum absolute atomic E-state index is 12.2. The zero-order valence-corrected chi connectivity index (χ0v) is 13.8. The quantitative estimate of drug-likeness (QED) is 0.811. The molecule has 7 heteroatoms. The maximum atomic E-state index is 12.2. The highest BCUT2D eigenvalue weighted by molar-refractivity contribution is 7.89. The molecule has 120 valence electrons. The molecular formula is C14H25N3O3S. The first-order valence-corrected chi connectivity index (χ1v) is 9.02. The number of nitrogens with zero attached hydrogens (tertiary/aromatic N) is 1. The standard InChI is InChI=1S/C14H25N3O3S/c1-11-10-14(13(3)20-11)12(2)16-21(18,19)9-8-17-6-4-15-5-7-17/h10,12,15-16H,4-9H2,1-3H3. The van der Waals surface area contributed by atoms with Crippen molar-refractivity contribution in [2.75, 3.05) is 38.5 Å². The van der Waals surface area contributed by atoms with E-state index in [-0.39, 0.29) is 11.8 Å². The summed E-state index contributed by atoms with van der Waals surface area (Å²) in [6.45, 7) is 9.81. The monoisotopic (exact) mass is 315 g/mol. The Labute approximate surface area is 126 Å². The van der Waals surface area contributed by atoms with Crippen molar-refractivity contribution < 1.29 is 12.8 Å². The molecule has 2 heterocycles. The van der Waals surface area contributed by atoms with Crippen molar-refractivity contribution in [3.8, 4) is 0 Å². The predicted octanol–water partition coefficient (Wildman–Crippen LogP) is 0.782. The van der Waals surface area contributed by atoms with Gasteiger partial charge in [-0.2, -0.15) is 0 Å². The first-order chi connectivity index (χ1) is 9.87. The van der Waals surface area contributed by atoms with Gasteiger partial charge in [0.1, 0.15) is 11.5 Å². The van der Waals surface area contributed by atoms with Crippen LogP contribution in [0, 0.1) is 13.8 Å². The molecule has 0 aliphatic carbocycles. The molecule has 2 rings (SSSR count). The number of rotatable bonds is 6. The Balaban J connectivity index is 1.89. The van der Waals surface area contributed by atoms with Gasteiger partial charge in [0.15, 0.2) is 0 Å². The molecule has 6 nitrogen and oxygen atoms in total. The molecule has 0 saturated carbocycles. The lowest BCUT2D eigenvalue weighted by Crippen LogP contribution is -2.46. The third-order valence-corrected chi connectivity index (χ3v) is 5.22. The van der Waals surface area contributed by atoms with Gasteiger partial charge in [-0.25, -0.2) is 13.1 Å². The number of nitrogens with one attached hydrogen (secondary N) is 2. The summed E-state index contributed by atoms with van der Waals surface area (Å²) in [4.78, 5) is 2.17. The number of sulfonamides is 1. The Kier molecular flexibility index (Phi) is 5.43. The Morgan fingerprint density at radius 1 is 1.38 bits per heavy atom. The van der Waals surface area contributed by atoms with Crippen molar-refractivity contribution in [2.45, 2.75) is 26.8 Å². The number of aryl methyl sites for hydroxylation is 2. The Morgan fingerprint density at radius 2 is 2.05 bits per heavy atom. The van der Waals surface area contributed by atoms with Gasteiger partial charge in [0.2, 0.25) is 10.0 Å². The molecular weight excluding hydrogens is 290 g/mol. The molecule has 0 aromatic carbocycles. The normalized spacial score (nSPS) is 18.8. The Hall–Kier alpha value is -0.890. The van der Waals surface area contributed by atoms with Gasteiger partial charge in [0.25, 0.3) is 0 Å². The van der Waals surface area contributed by atoms with E-state index in [4.69, 9.17) is 4.42 Å². The van der Waals surface area contributed by atoms with Crippen molar-refractivity contribution in [2.24, 2.45) is 0 Å². The topological polar surface area (TPSA) is 74.6 Å². The van der Waals surface area contributed by atoms with Crippen molar-refractivity contribution >= 4 is 10.0 Å². The van der Waals surface area contributed by atoms with Crippen LogP contribution in [-0.2, 0) is 10.0 Å². The van der Waals surface area contributed by atoms with Crippen LogP contribution in [0.2, 0.25) is 0 Å². The van der Waals surface area contributed by atoms with Crippen LogP contribution < -0.4 is 10.0 Å². The van der Waals surface area contributed by atoms with Gasteiger partial charge in [-0.15, -0.1) is 0 Å². The second-order valence-corrected chi connectivity index (χ2v) is 7.49. The largest absolute Gasteiger partial charge is 0.466 e. The van der Waals surface area contributed by atoms with Gasteiger partial charge in [0, 0.05) is 44.3 Å². The fourth-order valence-corrected chi connectivity index (χ4v) is 3.94. The summed E-state index contributed by atoms with van der Waals surface area (Å²) in [5.41, 5.74) is 0.901. The minimum Gasteiger partial charge on any atom is -0.466 e. The number of furan rings is 1. The molecule has 0 radical (unpaired) electrons. The van der Waals surface area contributed by atoms with Crippen molar-refractivity contribution in [1.29, 1.82) is 0 Å². The molecule has 21 heavy (non-hydrogen) atoms. The van der Waals surface area contributed by atoms with Crippen LogP contribution in [0.25, 0.3) is 0 Å². The van der Waals surface area contributed by atoms with E-state index in [9.17, 15) is 8.42 Å². The van der Waals surface area contributed by atoms with E-state index in [2.05, 4.69) is 14.9 Å². The summed E-state index contributed by atoms with van der Waals surface area (Å²) in [7, 11) is -3.29. The molecule has 1 unspecified atom stereocenters. The van der Waals surface area contributed by atoms with Crippen LogP contribution in [-0.4, -0.2) is 51.8 Å². The first-order valence-electron chi connectivity index (χ1n) is 7.37. The van der Waals surface area contributed by atoms with Crippen LogP contribution in [0.3, 0.4) is 0 Å². The van der Waals surface area contributed by atoms with E-state index in [0.29, 0.717) is 6.54 Å². The molecule has 2 N–H and O–H groups in total. The highest BCUT2D eigenvalue weighted by Gasteiger charge is 2.20. The van der Waals surface area contributed by atoms with Gasteiger partial charge in [-0.05, 0) is 26.8 Å². The lowest BCUT2D eigenvalue weighted by Gasteiger charge is -2.27. The van der Waals surface area contributed by atoms with E-state index in [1.807, 2.05) is 26.8 Å². The summed E-state index contributed by atoms with van der Waals surface area (Å²) in [5.74, 6) is 1.70. The Bertz CT molecular complexity index is 562. The minimum absolute atomic E-state index is 0.132. The average molecular weight is 315 g/mol. The molecule has 1 aliphatic heterocycles. The van der Waals surface area contributed by atoms with Crippen molar-refractivity contribution in [3.05, 3.63) is 23.2 Å². The molecule has 1 aromatic rings. The third-order valence-electron chi connectivity index (χ3n) is 3.79. The number of piperazine rings is 1. The highest BCUT2D eigenvalue weighted by atomic mass is 32.2. The minimum atomic E-state index is -3.29. The predicted molar refractivity (Wildman–Crippen MR) is 82.8 cm³/mol. The average Bonchev–Trinajstić information content (AvgIpc) is 2.76. The molecule has 1 saturated heterocycles. The van der Waals surface area contributed by atoms with Gasteiger partial charge in [-0.1, -0.05) is 0 Å². The molecule has 1 aromatic heterocycles. The first kappa shape index (κ1) is 16.5. The van der Waals surface area contributed by atoms with Gasteiger partial charge in [-0.3, -0.25) is 4.90 Å². The molecule has 1 atom stereocenters. The summed E-state index contributed by atoms with van der Waals surface area (Å²) in [5, 5.41) is 3.26. The summed E-state index contributed by atoms with van der Waals surface area (Å²) in [6.07, 6.45) is 0. The van der Waals surface area contributed by atoms with Gasteiger partial charge in [0.05, 0.1) is 5.75 Å². The zero-order chi connectivity index (χ0) is 15.5. The van der Waals surface area contributed by atoms with Crippen LogP contribution in [0.1, 0.15) is 30.0 Å². The van der Waals surface area contributed by atoms with E-state index in [1.165, 1.54) is 0 Å². The summed E-state index contributed by atoms with van der Waals surface area (Å²) in [6, 6.07) is 1.62. The molecule has 0 spiro atoms. The van der Waals surface area contributed by atoms with Crippen molar-refractivity contribution in [1.82, 2.24) is 14.9 Å². The summed E-state index contributed by atoms with van der Waals surface area (Å²) < 4.78 is 32.6. The molecule has 0 bridgehead atoms.